The van der Waals surface area contributed by atoms with Crippen LogP contribution >= 0.6 is 23.2 Å². The van der Waals surface area contributed by atoms with Crippen LogP contribution in [0.4, 0.5) is 13.2 Å². The molecule has 41 heavy (non-hydrogen) atoms. The molecule has 0 unspecified atom stereocenters. The first-order valence-electron chi connectivity index (χ1n) is 13.2. The average Bonchev–Trinajstić information content (AvgIpc) is 3.36. The Morgan fingerprint density at radius 1 is 1.00 bits per heavy atom. The van der Waals surface area contributed by atoms with Crippen LogP contribution in [0.15, 0.2) is 36.4 Å². The van der Waals surface area contributed by atoms with E-state index in [0.717, 1.165) is 17.7 Å². The normalized spacial score (nSPS) is 21.0. The van der Waals surface area contributed by atoms with Crippen molar-refractivity contribution in [3.05, 3.63) is 69.0 Å². The minimum Gasteiger partial charge on any atom is -0.339 e. The zero-order valence-corrected chi connectivity index (χ0v) is 25.4. The molecule has 2 heterocycles. The Morgan fingerprint density at radius 3 is 2.27 bits per heavy atom. The third-order valence-electron chi connectivity index (χ3n) is 7.79. The van der Waals surface area contributed by atoms with Gasteiger partial charge in [0.2, 0.25) is 5.91 Å². The van der Waals surface area contributed by atoms with Crippen molar-refractivity contribution in [2.45, 2.75) is 24.9 Å². The summed E-state index contributed by atoms with van der Waals surface area (Å²) in [6, 6.07) is 8.91. The number of alkyl halides is 2. The van der Waals surface area contributed by atoms with Crippen molar-refractivity contribution in [1.29, 1.82) is 0 Å². The highest BCUT2D eigenvalue weighted by Crippen LogP contribution is 2.35. The summed E-state index contributed by atoms with van der Waals surface area (Å²) in [5, 5.41) is 0.807. The minimum atomic E-state index is -3.51. The maximum absolute atomic E-state index is 14.2. The first-order chi connectivity index (χ1) is 19.3. The fraction of sp³-hybridized carbons (Fsp3) is 0.519. The molecule has 2 atom stereocenters. The molecule has 0 spiro atoms. The van der Waals surface area contributed by atoms with E-state index in [4.69, 9.17) is 23.2 Å². The van der Waals surface area contributed by atoms with Crippen molar-refractivity contribution in [2.75, 3.05) is 67.0 Å². The number of halogens is 5. The molecule has 226 valence electrons. The van der Waals surface area contributed by atoms with Crippen LogP contribution in [0.2, 0.25) is 10.0 Å². The van der Waals surface area contributed by atoms with E-state index >= 15 is 0 Å². The van der Waals surface area contributed by atoms with E-state index < -0.39 is 28.0 Å². The number of nitrogens with zero attached hydrogens (tertiary/aromatic N) is 5. The summed E-state index contributed by atoms with van der Waals surface area (Å²) in [5.41, 5.74) is 0.800. The van der Waals surface area contributed by atoms with E-state index in [1.54, 1.807) is 17.0 Å². The van der Waals surface area contributed by atoms with Gasteiger partial charge >= 0.3 is 0 Å². The molecule has 0 aromatic heterocycles. The van der Waals surface area contributed by atoms with Gasteiger partial charge in [0.15, 0.2) is 0 Å². The fourth-order valence-electron chi connectivity index (χ4n) is 5.40. The van der Waals surface area contributed by atoms with Gasteiger partial charge in [-0.2, -0.15) is 17.0 Å². The molecule has 0 N–H and O–H groups in total. The van der Waals surface area contributed by atoms with Gasteiger partial charge in [0.1, 0.15) is 5.82 Å². The second-order valence-corrected chi connectivity index (χ2v) is 13.6. The Morgan fingerprint density at radius 2 is 1.68 bits per heavy atom. The summed E-state index contributed by atoms with van der Waals surface area (Å²) >= 11 is 12.5. The van der Waals surface area contributed by atoms with Crippen LogP contribution in [0.25, 0.3) is 0 Å². The van der Waals surface area contributed by atoms with Gasteiger partial charge in [-0.05, 0) is 36.4 Å². The molecule has 1 amide bonds. The number of hydrogen-bond acceptors (Lipinski definition) is 5. The van der Waals surface area contributed by atoms with E-state index in [2.05, 4.69) is 0 Å². The molecular formula is C27H34Cl2F3N5O3S. The molecule has 8 nitrogen and oxygen atoms in total. The second-order valence-electron chi connectivity index (χ2n) is 10.7. The molecule has 0 bridgehead atoms. The molecule has 2 saturated heterocycles. The summed E-state index contributed by atoms with van der Waals surface area (Å²) in [6.07, 6.45) is -2.89. The predicted octanol–water partition coefficient (Wildman–Crippen LogP) is 3.92. The van der Waals surface area contributed by atoms with E-state index in [-0.39, 0.29) is 31.0 Å². The van der Waals surface area contributed by atoms with Gasteiger partial charge in [-0.3, -0.25) is 14.6 Å². The van der Waals surface area contributed by atoms with Crippen LogP contribution in [0.1, 0.15) is 29.0 Å². The maximum atomic E-state index is 14.2. The Labute approximate surface area is 249 Å². The van der Waals surface area contributed by atoms with Crippen molar-refractivity contribution < 1.29 is 26.4 Å². The molecule has 2 fully saturated rings. The first-order valence-corrected chi connectivity index (χ1v) is 15.3. The molecule has 0 radical (unpaired) electrons. The van der Waals surface area contributed by atoms with Crippen molar-refractivity contribution in [3.8, 4) is 0 Å². The van der Waals surface area contributed by atoms with Crippen LogP contribution in [0, 0.1) is 5.82 Å². The maximum Gasteiger partial charge on any atom is 0.281 e. The second kappa shape index (κ2) is 13.2. The summed E-state index contributed by atoms with van der Waals surface area (Å²) in [5.74, 6) is -1.16. The van der Waals surface area contributed by atoms with Gasteiger partial charge < -0.3 is 4.90 Å². The monoisotopic (exact) mass is 635 g/mol. The van der Waals surface area contributed by atoms with Crippen LogP contribution < -0.4 is 0 Å². The number of rotatable bonds is 9. The fourth-order valence-corrected chi connectivity index (χ4v) is 6.79. The Bertz CT molecular complexity index is 1360. The van der Waals surface area contributed by atoms with Gasteiger partial charge in [0.25, 0.3) is 16.6 Å². The van der Waals surface area contributed by atoms with E-state index in [1.807, 2.05) is 22.9 Å². The van der Waals surface area contributed by atoms with Gasteiger partial charge in [-0.25, -0.2) is 13.2 Å². The topological polar surface area (TPSA) is 67.4 Å². The Hall–Kier alpha value is -1.93. The lowest BCUT2D eigenvalue weighted by Crippen LogP contribution is -2.53. The molecule has 0 aliphatic carbocycles. The zero-order chi connectivity index (χ0) is 30.1. The number of piperazine rings is 1. The van der Waals surface area contributed by atoms with E-state index in [0.29, 0.717) is 54.9 Å². The van der Waals surface area contributed by atoms with Crippen molar-refractivity contribution in [2.24, 2.45) is 0 Å². The molecule has 0 saturated carbocycles. The molecule has 14 heteroatoms. The largest absolute Gasteiger partial charge is 0.339 e. The number of carbonyl (C=O) groups is 1. The molecule has 2 aliphatic heterocycles. The van der Waals surface area contributed by atoms with Crippen LogP contribution in [-0.4, -0.2) is 111 Å². The van der Waals surface area contributed by atoms with E-state index in [1.165, 1.54) is 28.8 Å². The third kappa shape index (κ3) is 7.35. The number of amides is 1. The van der Waals surface area contributed by atoms with E-state index in [9.17, 15) is 26.4 Å². The summed E-state index contributed by atoms with van der Waals surface area (Å²) in [4.78, 5) is 19.1. The Balaban J connectivity index is 1.47. The third-order valence-corrected chi connectivity index (χ3v) is 10.5. The SMILES string of the molecule is CN(Cc1ccc(C(F)F)c(F)c1)[C@H]1CN(C(=O)CN2CCN(S(=O)(=O)N(C)C)CC2)C[C@@H]1c1ccc(Cl)c(Cl)c1. The van der Waals surface area contributed by atoms with Crippen molar-refractivity contribution in [1.82, 2.24) is 23.3 Å². The smallest absolute Gasteiger partial charge is 0.281 e. The van der Waals surface area contributed by atoms with Gasteiger partial charge in [0, 0.05) is 71.9 Å². The van der Waals surface area contributed by atoms with Gasteiger partial charge in [-0.15, -0.1) is 0 Å². The summed E-state index contributed by atoms with van der Waals surface area (Å²) < 4.78 is 67.7. The number of carbonyl (C=O) groups excluding carboxylic acids is 1. The van der Waals surface area contributed by atoms with Crippen LogP contribution in [-0.2, 0) is 21.5 Å². The highest BCUT2D eigenvalue weighted by Gasteiger charge is 2.39. The van der Waals surface area contributed by atoms with Crippen LogP contribution in [0.3, 0.4) is 0 Å². The molecule has 2 aliphatic rings. The van der Waals surface area contributed by atoms with Crippen molar-refractivity contribution in [3.63, 3.8) is 0 Å². The average molecular weight is 637 g/mol. The summed E-state index contributed by atoms with van der Waals surface area (Å²) in [7, 11) is 1.33. The number of hydrogen-bond donors (Lipinski definition) is 0. The lowest BCUT2D eigenvalue weighted by atomic mass is 9.93. The van der Waals surface area contributed by atoms with Gasteiger partial charge in [-0.1, -0.05) is 41.4 Å². The number of benzene rings is 2. The van der Waals surface area contributed by atoms with Gasteiger partial charge in [0.05, 0.1) is 22.2 Å². The number of likely N-dealkylation sites (N-methyl/N-ethyl adjacent to an activating group) is 1. The highest BCUT2D eigenvalue weighted by atomic mass is 35.5. The van der Waals surface area contributed by atoms with Crippen LogP contribution in [0.5, 0.6) is 0 Å². The summed E-state index contributed by atoms with van der Waals surface area (Å²) in [6.45, 7) is 2.72. The molecule has 4 rings (SSSR count). The Kier molecular flexibility index (Phi) is 10.3. The molecular weight excluding hydrogens is 602 g/mol. The quantitative estimate of drug-likeness (QED) is 0.418. The standard InChI is InChI=1S/C27H34Cl2F3N5O3S/c1-33(2)41(39,40)37-10-8-35(9-11-37)17-26(38)36-15-21(19-5-7-22(28)23(29)13-19)25(16-36)34(3)14-18-4-6-20(27(31)32)24(30)12-18/h4-7,12-13,21,25,27H,8-11,14-17H2,1-3H3/t21-,25+/m1/s1. The highest BCUT2D eigenvalue weighted by molar-refractivity contribution is 7.86. The predicted molar refractivity (Wildman–Crippen MR) is 153 cm³/mol. The lowest BCUT2D eigenvalue weighted by Gasteiger charge is -2.35. The lowest BCUT2D eigenvalue weighted by molar-refractivity contribution is -0.131. The van der Waals surface area contributed by atoms with Crippen molar-refractivity contribution >= 4 is 39.3 Å². The number of likely N-dealkylation sites (tertiary alicyclic amines) is 1. The molecule has 2 aromatic carbocycles. The molecule has 2 aromatic rings. The first kappa shape index (κ1) is 32.0. The minimum absolute atomic E-state index is 0.0813. The zero-order valence-electron chi connectivity index (χ0n) is 23.1.